The van der Waals surface area contributed by atoms with Gasteiger partial charge in [-0.1, -0.05) is 30.3 Å². The van der Waals surface area contributed by atoms with Gasteiger partial charge in [-0.05, 0) is 43.9 Å². The molecule has 1 aliphatic rings. The van der Waals surface area contributed by atoms with Crippen molar-refractivity contribution >= 4 is 23.3 Å². The second-order valence-corrected chi connectivity index (χ2v) is 7.41. The first-order chi connectivity index (χ1) is 14.5. The third-order valence-corrected chi connectivity index (χ3v) is 5.10. The predicted molar refractivity (Wildman–Crippen MR) is 116 cm³/mol. The Balaban J connectivity index is 0.000000806. The van der Waals surface area contributed by atoms with Gasteiger partial charge in [0.2, 0.25) is 0 Å². The number of hydrogen-bond acceptors (Lipinski definition) is 4. The van der Waals surface area contributed by atoms with Gasteiger partial charge in [-0.25, -0.2) is 0 Å². The second kappa shape index (κ2) is 10.0. The Hall–Kier alpha value is -3.16. The molecule has 3 aromatic rings. The van der Waals surface area contributed by atoms with Crippen molar-refractivity contribution in [1.29, 1.82) is 0 Å². The van der Waals surface area contributed by atoms with Crippen molar-refractivity contribution in [3.05, 3.63) is 71.9 Å². The van der Waals surface area contributed by atoms with Crippen molar-refractivity contribution in [2.45, 2.75) is 12.1 Å². The number of likely N-dealkylation sites (N-methyl/N-ethyl adjacent to an activating group) is 1. The van der Waals surface area contributed by atoms with Crippen LogP contribution in [-0.2, 0) is 9.53 Å². The molecular weight excluding hydrogens is 382 g/mol. The molecule has 0 spiro atoms. The summed E-state index contributed by atoms with van der Waals surface area (Å²) in [6.07, 6.45) is 1.84. The monoisotopic (exact) mass is 409 g/mol. The standard InChI is InChI=1S/C22H25N3O2.CH2O2/c1-24(2)15-20-21(16-6-4-3-5-7-16)25(12-13-27-20)22(26)18-8-9-19-17(14-18)10-11-23-19;2-1-3/h3-11,14,20-21,23H,12-13,15H2,1-2H3;1H,(H,2,3)/t20-,21-;/m0./s1. The average molecular weight is 409 g/mol. The van der Waals surface area contributed by atoms with Crippen LogP contribution in [-0.4, -0.2) is 72.2 Å². The summed E-state index contributed by atoms with van der Waals surface area (Å²) < 4.78 is 6.09. The van der Waals surface area contributed by atoms with Gasteiger partial charge in [-0.15, -0.1) is 0 Å². The summed E-state index contributed by atoms with van der Waals surface area (Å²) in [6, 6.07) is 17.9. The zero-order valence-corrected chi connectivity index (χ0v) is 17.2. The maximum absolute atomic E-state index is 13.4. The van der Waals surface area contributed by atoms with E-state index in [2.05, 4.69) is 22.0 Å². The number of carbonyl (C=O) groups is 2. The van der Waals surface area contributed by atoms with Crippen molar-refractivity contribution in [3.63, 3.8) is 0 Å². The van der Waals surface area contributed by atoms with Gasteiger partial charge in [0.15, 0.2) is 0 Å². The van der Waals surface area contributed by atoms with E-state index in [1.807, 2.05) is 67.7 Å². The third kappa shape index (κ3) is 4.87. The van der Waals surface area contributed by atoms with Crippen LogP contribution in [0.3, 0.4) is 0 Å². The smallest absolute Gasteiger partial charge is 0.290 e. The number of morpholine rings is 1. The number of carbonyl (C=O) groups excluding carboxylic acids is 1. The van der Waals surface area contributed by atoms with Gasteiger partial charge in [-0.2, -0.15) is 0 Å². The predicted octanol–water partition coefficient (Wildman–Crippen LogP) is 3.01. The topological polar surface area (TPSA) is 85.9 Å². The number of H-pyrrole nitrogens is 1. The Kier molecular flexibility index (Phi) is 7.21. The summed E-state index contributed by atoms with van der Waals surface area (Å²) in [5.74, 6) is 0.0546. The van der Waals surface area contributed by atoms with E-state index in [9.17, 15) is 4.79 Å². The highest BCUT2D eigenvalue weighted by Crippen LogP contribution is 2.31. The second-order valence-electron chi connectivity index (χ2n) is 7.41. The van der Waals surface area contributed by atoms with Crippen LogP contribution in [0.5, 0.6) is 0 Å². The van der Waals surface area contributed by atoms with Gasteiger partial charge >= 0.3 is 0 Å². The van der Waals surface area contributed by atoms with Crippen LogP contribution in [0.25, 0.3) is 10.9 Å². The molecule has 0 saturated carbocycles. The molecule has 1 aliphatic heterocycles. The lowest BCUT2D eigenvalue weighted by molar-refractivity contribution is -0.122. The van der Waals surface area contributed by atoms with E-state index in [-0.39, 0.29) is 24.5 Å². The first-order valence-electron chi connectivity index (χ1n) is 9.82. The normalized spacial score (nSPS) is 18.7. The molecule has 0 unspecified atom stereocenters. The number of amides is 1. The Morgan fingerprint density at radius 2 is 1.97 bits per heavy atom. The highest BCUT2D eigenvalue weighted by atomic mass is 16.5. The van der Waals surface area contributed by atoms with Crippen LogP contribution in [0.15, 0.2) is 60.8 Å². The average Bonchev–Trinajstić information content (AvgIpc) is 3.22. The molecule has 30 heavy (non-hydrogen) atoms. The molecule has 2 N–H and O–H groups in total. The zero-order chi connectivity index (χ0) is 21.5. The van der Waals surface area contributed by atoms with Crippen LogP contribution >= 0.6 is 0 Å². The summed E-state index contributed by atoms with van der Waals surface area (Å²) in [7, 11) is 4.07. The summed E-state index contributed by atoms with van der Waals surface area (Å²) in [5.41, 5.74) is 2.87. The Bertz CT molecular complexity index is 971. The number of nitrogens with one attached hydrogen (secondary N) is 1. The van der Waals surface area contributed by atoms with E-state index in [1.54, 1.807) is 0 Å². The molecule has 2 heterocycles. The van der Waals surface area contributed by atoms with Crippen LogP contribution < -0.4 is 0 Å². The lowest BCUT2D eigenvalue weighted by atomic mass is 9.96. The Morgan fingerprint density at radius 1 is 1.23 bits per heavy atom. The maximum atomic E-state index is 13.4. The van der Waals surface area contributed by atoms with Gasteiger partial charge < -0.3 is 24.6 Å². The largest absolute Gasteiger partial charge is 0.483 e. The fraction of sp³-hybridized carbons (Fsp3) is 0.304. The molecule has 0 bridgehead atoms. The Labute approximate surface area is 175 Å². The molecule has 7 heteroatoms. The fourth-order valence-electron chi connectivity index (χ4n) is 3.87. The van der Waals surface area contributed by atoms with Gasteiger partial charge in [0.05, 0.1) is 18.8 Å². The molecule has 7 nitrogen and oxygen atoms in total. The number of ether oxygens (including phenoxy) is 1. The van der Waals surface area contributed by atoms with Crippen molar-refractivity contribution in [2.24, 2.45) is 0 Å². The van der Waals surface area contributed by atoms with Gasteiger partial charge in [0, 0.05) is 35.8 Å². The number of benzene rings is 2. The molecular formula is C23H27N3O4. The summed E-state index contributed by atoms with van der Waals surface area (Å²) >= 11 is 0. The molecule has 1 fully saturated rings. The lowest BCUT2D eigenvalue weighted by Gasteiger charge is -2.42. The first kappa shape index (κ1) is 21.5. The molecule has 0 aliphatic carbocycles. The minimum absolute atomic E-state index is 0.0546. The number of rotatable bonds is 4. The van der Waals surface area contributed by atoms with Gasteiger partial charge in [0.25, 0.3) is 12.4 Å². The SMILES string of the molecule is CN(C)C[C@@H]1OCCN(C(=O)c2ccc3[nH]ccc3c2)[C@H]1c1ccccc1.O=CO. The number of fused-ring (bicyclic) bond motifs is 1. The highest BCUT2D eigenvalue weighted by molar-refractivity contribution is 5.98. The van der Waals surface area contributed by atoms with E-state index in [0.717, 1.165) is 23.0 Å². The van der Waals surface area contributed by atoms with Crippen molar-refractivity contribution in [3.8, 4) is 0 Å². The molecule has 0 radical (unpaired) electrons. The van der Waals surface area contributed by atoms with E-state index >= 15 is 0 Å². The fourth-order valence-corrected chi connectivity index (χ4v) is 3.87. The minimum atomic E-state index is -0.250. The number of aromatic amines is 1. The lowest BCUT2D eigenvalue weighted by Crippen LogP contribution is -2.51. The quantitative estimate of drug-likeness (QED) is 0.647. The van der Waals surface area contributed by atoms with Crippen molar-refractivity contribution in [2.75, 3.05) is 33.8 Å². The minimum Gasteiger partial charge on any atom is -0.483 e. The summed E-state index contributed by atoms with van der Waals surface area (Å²) in [6.45, 7) is 1.66. The maximum Gasteiger partial charge on any atom is 0.290 e. The molecule has 158 valence electrons. The van der Waals surface area contributed by atoms with Crippen molar-refractivity contribution < 1.29 is 19.4 Å². The Morgan fingerprint density at radius 3 is 2.67 bits per heavy atom. The van der Waals surface area contributed by atoms with Crippen molar-refractivity contribution in [1.82, 2.24) is 14.8 Å². The van der Waals surface area contributed by atoms with Crippen LogP contribution in [0.2, 0.25) is 0 Å². The molecule has 1 saturated heterocycles. The number of aromatic nitrogens is 1. The number of nitrogens with zero attached hydrogens (tertiary/aromatic N) is 2. The van der Waals surface area contributed by atoms with E-state index in [4.69, 9.17) is 14.6 Å². The third-order valence-electron chi connectivity index (χ3n) is 5.10. The summed E-state index contributed by atoms with van der Waals surface area (Å²) in [5, 5.41) is 7.94. The highest BCUT2D eigenvalue weighted by Gasteiger charge is 2.37. The number of carboxylic acid groups (broad SMARTS) is 1. The summed E-state index contributed by atoms with van der Waals surface area (Å²) in [4.78, 5) is 29.1. The van der Waals surface area contributed by atoms with Crippen LogP contribution in [0.1, 0.15) is 22.0 Å². The molecule has 4 rings (SSSR count). The van der Waals surface area contributed by atoms with E-state index < -0.39 is 0 Å². The zero-order valence-electron chi connectivity index (χ0n) is 17.2. The van der Waals surface area contributed by atoms with Crippen LogP contribution in [0, 0.1) is 0 Å². The molecule has 1 amide bonds. The molecule has 1 aromatic heterocycles. The first-order valence-corrected chi connectivity index (χ1v) is 9.82. The van der Waals surface area contributed by atoms with E-state index in [1.165, 1.54) is 0 Å². The molecule has 2 atom stereocenters. The number of hydrogen-bond donors (Lipinski definition) is 2. The van der Waals surface area contributed by atoms with Crippen LogP contribution in [0.4, 0.5) is 0 Å². The van der Waals surface area contributed by atoms with Gasteiger partial charge in [-0.3, -0.25) is 9.59 Å². The van der Waals surface area contributed by atoms with Gasteiger partial charge in [0.1, 0.15) is 0 Å². The molecule has 2 aromatic carbocycles. The van der Waals surface area contributed by atoms with E-state index in [0.29, 0.717) is 18.7 Å².